The van der Waals surface area contributed by atoms with Gasteiger partial charge < -0.3 is 15.4 Å². The summed E-state index contributed by atoms with van der Waals surface area (Å²) >= 11 is 0. The van der Waals surface area contributed by atoms with Crippen molar-refractivity contribution in [1.29, 1.82) is 5.26 Å². The van der Waals surface area contributed by atoms with E-state index in [4.69, 9.17) is 5.26 Å². The van der Waals surface area contributed by atoms with Crippen molar-refractivity contribution in [1.82, 2.24) is 20.2 Å². The highest BCUT2D eigenvalue weighted by atomic mass is 19.1. The van der Waals surface area contributed by atoms with Crippen LogP contribution in [0.25, 0.3) is 0 Å². The number of aromatic hydroxyl groups is 1. The van der Waals surface area contributed by atoms with E-state index in [1.165, 1.54) is 11.9 Å². The van der Waals surface area contributed by atoms with E-state index >= 15 is 0 Å². The molecule has 0 amide bonds. The van der Waals surface area contributed by atoms with Crippen molar-refractivity contribution in [3.63, 3.8) is 0 Å². The SMILES string of the molecule is C[C@@H](CF)NCC(Cc1nc[nH]c(=O)c1O)c1ccc(C#Cc2ccc(CN3CC(C#N)C3)cc2)cc1. The third-order valence-electron chi connectivity index (χ3n) is 6.52. The lowest BCUT2D eigenvalue weighted by atomic mass is 9.92. The molecule has 1 fully saturated rings. The van der Waals surface area contributed by atoms with Gasteiger partial charge in [0.15, 0.2) is 0 Å². The fourth-order valence-electron chi connectivity index (χ4n) is 4.23. The lowest BCUT2D eigenvalue weighted by Gasteiger charge is -2.35. The van der Waals surface area contributed by atoms with Gasteiger partial charge in [0.05, 0.1) is 24.0 Å². The van der Waals surface area contributed by atoms with Crippen LogP contribution in [-0.4, -0.2) is 52.3 Å². The van der Waals surface area contributed by atoms with Gasteiger partial charge in [-0.3, -0.25) is 9.69 Å². The normalized spacial score (nSPS) is 15.2. The predicted octanol–water partition coefficient (Wildman–Crippen LogP) is 3.10. The molecule has 1 unspecified atom stereocenters. The van der Waals surface area contributed by atoms with Crippen molar-refractivity contribution in [2.24, 2.45) is 5.92 Å². The molecule has 1 aliphatic heterocycles. The first-order valence-corrected chi connectivity index (χ1v) is 12.3. The molecule has 4 rings (SSSR count). The topological polar surface area (TPSA) is 105 Å². The van der Waals surface area contributed by atoms with Crippen molar-refractivity contribution >= 4 is 0 Å². The monoisotopic (exact) mass is 499 g/mol. The van der Waals surface area contributed by atoms with Crippen LogP contribution < -0.4 is 10.9 Å². The smallest absolute Gasteiger partial charge is 0.293 e. The van der Waals surface area contributed by atoms with Gasteiger partial charge >= 0.3 is 0 Å². The first kappa shape index (κ1) is 26.1. The Morgan fingerprint density at radius 1 is 1.16 bits per heavy atom. The number of aromatic amines is 1. The van der Waals surface area contributed by atoms with Crippen LogP contribution in [-0.2, 0) is 13.0 Å². The van der Waals surface area contributed by atoms with Gasteiger partial charge in [-0.1, -0.05) is 36.1 Å². The Morgan fingerprint density at radius 3 is 2.43 bits per heavy atom. The second kappa shape index (κ2) is 12.3. The number of likely N-dealkylation sites (tertiary alicyclic amines) is 1. The summed E-state index contributed by atoms with van der Waals surface area (Å²) in [6.07, 6.45) is 1.60. The van der Waals surface area contributed by atoms with E-state index in [0.29, 0.717) is 18.7 Å². The van der Waals surface area contributed by atoms with E-state index in [2.05, 4.69) is 50.2 Å². The molecule has 8 heteroatoms. The molecule has 0 spiro atoms. The molecular weight excluding hydrogens is 469 g/mol. The number of hydrogen-bond donors (Lipinski definition) is 3. The van der Waals surface area contributed by atoms with Crippen LogP contribution in [0.4, 0.5) is 4.39 Å². The molecule has 0 saturated carbocycles. The Balaban J connectivity index is 1.42. The Morgan fingerprint density at radius 2 is 1.81 bits per heavy atom. The molecule has 0 radical (unpaired) electrons. The quantitative estimate of drug-likeness (QED) is 0.391. The summed E-state index contributed by atoms with van der Waals surface area (Å²) in [4.78, 5) is 20.5. The third-order valence-corrected chi connectivity index (χ3v) is 6.52. The summed E-state index contributed by atoms with van der Waals surface area (Å²) in [7, 11) is 0. The van der Waals surface area contributed by atoms with E-state index < -0.39 is 18.0 Å². The van der Waals surface area contributed by atoms with Crippen molar-refractivity contribution in [2.45, 2.75) is 31.8 Å². The van der Waals surface area contributed by atoms with E-state index in [9.17, 15) is 14.3 Å². The number of rotatable bonds is 9. The Kier molecular flexibility index (Phi) is 8.68. The third kappa shape index (κ3) is 7.04. The maximum Gasteiger partial charge on any atom is 0.293 e. The number of benzene rings is 2. The van der Waals surface area contributed by atoms with Crippen LogP contribution in [0.2, 0.25) is 0 Å². The molecule has 2 atom stereocenters. The van der Waals surface area contributed by atoms with Gasteiger partial charge in [-0.15, -0.1) is 0 Å². The molecule has 7 nitrogen and oxygen atoms in total. The molecule has 3 aromatic rings. The zero-order chi connectivity index (χ0) is 26.2. The molecule has 2 aromatic carbocycles. The molecule has 2 heterocycles. The lowest BCUT2D eigenvalue weighted by Crippen LogP contribution is -2.45. The minimum Gasteiger partial charge on any atom is -0.502 e. The summed E-state index contributed by atoms with van der Waals surface area (Å²) in [6.45, 7) is 4.25. The Hall–Kier alpha value is -3.98. The Labute approximate surface area is 216 Å². The average Bonchev–Trinajstić information content (AvgIpc) is 2.90. The summed E-state index contributed by atoms with van der Waals surface area (Å²) in [5, 5.41) is 22.2. The fraction of sp³-hybridized carbons (Fsp3) is 0.345. The van der Waals surface area contributed by atoms with Gasteiger partial charge in [-0.05, 0) is 42.3 Å². The van der Waals surface area contributed by atoms with E-state index in [-0.39, 0.29) is 17.9 Å². The van der Waals surface area contributed by atoms with Gasteiger partial charge in [-0.25, -0.2) is 9.37 Å². The van der Waals surface area contributed by atoms with Gasteiger partial charge in [0.1, 0.15) is 6.67 Å². The minimum absolute atomic E-state index is 0.126. The highest BCUT2D eigenvalue weighted by molar-refractivity contribution is 5.44. The van der Waals surface area contributed by atoms with Crippen molar-refractivity contribution in [3.05, 3.63) is 93.2 Å². The second-order valence-corrected chi connectivity index (χ2v) is 9.48. The maximum absolute atomic E-state index is 13.0. The summed E-state index contributed by atoms with van der Waals surface area (Å²) in [5.74, 6) is 6.02. The molecule has 1 aromatic heterocycles. The van der Waals surface area contributed by atoms with Crippen LogP contribution in [0.3, 0.4) is 0 Å². The molecule has 37 heavy (non-hydrogen) atoms. The van der Waals surface area contributed by atoms with Gasteiger partial charge in [0, 0.05) is 55.7 Å². The second-order valence-electron chi connectivity index (χ2n) is 9.48. The van der Waals surface area contributed by atoms with Crippen LogP contribution in [0, 0.1) is 29.1 Å². The molecule has 190 valence electrons. The molecule has 3 N–H and O–H groups in total. The molecule has 1 aliphatic rings. The zero-order valence-corrected chi connectivity index (χ0v) is 20.7. The van der Waals surface area contributed by atoms with Gasteiger partial charge in [0.2, 0.25) is 5.75 Å². The maximum atomic E-state index is 13.0. The molecule has 1 saturated heterocycles. The van der Waals surface area contributed by atoms with Crippen LogP contribution in [0.5, 0.6) is 5.75 Å². The molecule has 0 bridgehead atoms. The minimum atomic E-state index is -0.583. The van der Waals surface area contributed by atoms with Crippen LogP contribution in [0.1, 0.15) is 40.8 Å². The summed E-state index contributed by atoms with van der Waals surface area (Å²) < 4.78 is 13.0. The first-order valence-electron chi connectivity index (χ1n) is 12.3. The lowest BCUT2D eigenvalue weighted by molar-refractivity contribution is 0.127. The van der Waals surface area contributed by atoms with E-state index in [1.54, 1.807) is 6.92 Å². The summed E-state index contributed by atoms with van der Waals surface area (Å²) in [6, 6.07) is 17.9. The van der Waals surface area contributed by atoms with Gasteiger partial charge in [0.25, 0.3) is 5.56 Å². The van der Waals surface area contributed by atoms with Crippen molar-refractivity contribution in [2.75, 3.05) is 26.3 Å². The van der Waals surface area contributed by atoms with E-state index in [0.717, 1.165) is 36.3 Å². The number of nitriles is 1. The van der Waals surface area contributed by atoms with Crippen molar-refractivity contribution < 1.29 is 9.50 Å². The first-order chi connectivity index (χ1) is 17.9. The summed E-state index contributed by atoms with van der Waals surface area (Å²) in [5.41, 5.74) is 3.67. The highest BCUT2D eigenvalue weighted by Gasteiger charge is 2.25. The largest absolute Gasteiger partial charge is 0.502 e. The number of nitrogens with one attached hydrogen (secondary N) is 2. The molecule has 0 aliphatic carbocycles. The fourth-order valence-corrected chi connectivity index (χ4v) is 4.23. The number of H-pyrrole nitrogens is 1. The van der Waals surface area contributed by atoms with Gasteiger partial charge in [-0.2, -0.15) is 5.26 Å². The number of hydrogen-bond acceptors (Lipinski definition) is 6. The predicted molar refractivity (Wildman–Crippen MR) is 140 cm³/mol. The van der Waals surface area contributed by atoms with E-state index in [1.807, 2.05) is 36.4 Å². The zero-order valence-electron chi connectivity index (χ0n) is 20.7. The van der Waals surface area contributed by atoms with Crippen LogP contribution in [0.15, 0.2) is 59.7 Å². The number of alkyl halides is 1. The molecular formula is C29H30FN5O2. The van der Waals surface area contributed by atoms with Crippen LogP contribution >= 0.6 is 0 Å². The Bertz CT molecular complexity index is 1350. The number of halogens is 1. The highest BCUT2D eigenvalue weighted by Crippen LogP contribution is 2.23. The van der Waals surface area contributed by atoms with Crippen molar-refractivity contribution in [3.8, 4) is 23.7 Å². The average molecular weight is 500 g/mol. The number of nitrogens with zero attached hydrogens (tertiary/aromatic N) is 3. The number of aromatic nitrogens is 2. The standard InChI is InChI=1S/C29H30FN5O2/c1-20(13-30)32-15-26(12-27-28(36)29(37)34-19-33-27)25-10-8-22(9-11-25)3-2-21-4-6-23(7-5-21)16-35-17-24(14-31)18-35/h4-11,19-20,24,26,32,36H,12-13,15-18H2,1H3,(H,33,34,37)/t20-,26?/m0/s1.